The number of hydrogen-bond acceptors (Lipinski definition) is 19. The molecule has 20 heteroatoms. The van der Waals surface area contributed by atoms with Crippen molar-refractivity contribution in [2.75, 3.05) is 19.8 Å². The number of aliphatic carboxylic acids is 1. The Morgan fingerprint density at radius 1 is 0.609 bits per heavy atom. The summed E-state index contributed by atoms with van der Waals surface area (Å²) in [6.45, 7) is 5.68. The van der Waals surface area contributed by atoms with Gasteiger partial charge >= 0.3 is 17.9 Å². The van der Waals surface area contributed by atoms with Gasteiger partial charge in [0, 0.05) is 13.3 Å². The molecule has 0 amide bonds. The lowest BCUT2D eigenvalue weighted by Crippen LogP contribution is -2.65. The smallest absolute Gasteiger partial charge is 0.332 e. The molecule has 0 aromatic carbocycles. The molecule has 404 valence electrons. The molecule has 69 heavy (non-hydrogen) atoms. The van der Waals surface area contributed by atoms with Crippen molar-refractivity contribution in [3.63, 3.8) is 0 Å². The van der Waals surface area contributed by atoms with Crippen LogP contribution in [0.25, 0.3) is 0 Å². The van der Waals surface area contributed by atoms with Gasteiger partial charge in [-0.2, -0.15) is 0 Å². The SMILES string of the molecule is CCCCCC[C@H](CCC[C@@H](O)CCCCCCCCCCCCC[C@@H](O)C(=O)O)O[C@H]1OC[C@H](O)[C@@H](O)[C@@H]1O[C@H]1OC[C@H](OC(C)=O)[C@@H](O)[C@@H]1O[C@H]1O[C@@H](COC(=O)CC(C)C)[C@H](O)[C@@H](O)[C@@H]1O. The number of aliphatic hydroxyl groups is 8. The third-order valence-electron chi connectivity index (χ3n) is 13.0. The van der Waals surface area contributed by atoms with E-state index in [1.807, 2.05) is 13.8 Å². The molecule has 0 bridgehead atoms. The van der Waals surface area contributed by atoms with Gasteiger partial charge in [-0.25, -0.2) is 4.79 Å². The lowest BCUT2D eigenvalue weighted by molar-refractivity contribution is -0.380. The Morgan fingerprint density at radius 3 is 1.75 bits per heavy atom. The van der Waals surface area contributed by atoms with Crippen molar-refractivity contribution < 1.29 is 98.2 Å². The minimum Gasteiger partial charge on any atom is -0.479 e. The van der Waals surface area contributed by atoms with Gasteiger partial charge < -0.3 is 83.9 Å². The van der Waals surface area contributed by atoms with Gasteiger partial charge in [-0.15, -0.1) is 0 Å². The van der Waals surface area contributed by atoms with Crippen LogP contribution in [0.4, 0.5) is 0 Å². The maximum Gasteiger partial charge on any atom is 0.332 e. The van der Waals surface area contributed by atoms with Crippen molar-refractivity contribution >= 4 is 17.9 Å². The summed E-state index contributed by atoms with van der Waals surface area (Å²) in [5.74, 6) is -2.51. The Bertz CT molecular complexity index is 1410. The molecule has 9 N–H and O–H groups in total. The molecular weight excluding hydrogens is 909 g/mol. The topological polar surface area (TPSA) is 307 Å². The lowest BCUT2D eigenvalue weighted by atomic mass is 9.98. The molecule has 0 aromatic heterocycles. The fraction of sp³-hybridized carbons (Fsp3) is 0.939. The minimum atomic E-state index is -1.90. The first kappa shape index (κ1) is 61.2. The first-order chi connectivity index (χ1) is 32.9. The number of rotatable bonds is 35. The second kappa shape index (κ2) is 33.6. The molecular formula is C49H88O20. The van der Waals surface area contributed by atoms with Gasteiger partial charge in [0.05, 0.1) is 25.4 Å². The maximum absolute atomic E-state index is 12.3. The van der Waals surface area contributed by atoms with E-state index in [2.05, 4.69) is 6.92 Å². The van der Waals surface area contributed by atoms with Crippen molar-refractivity contribution in [2.45, 2.75) is 267 Å². The van der Waals surface area contributed by atoms with Crippen molar-refractivity contribution in [1.82, 2.24) is 0 Å². The van der Waals surface area contributed by atoms with E-state index in [0.717, 1.165) is 103 Å². The van der Waals surface area contributed by atoms with Crippen LogP contribution in [-0.4, -0.2) is 182 Å². The number of carbonyl (C=O) groups excluding carboxylic acids is 2. The average molecular weight is 997 g/mol. The summed E-state index contributed by atoms with van der Waals surface area (Å²) in [6, 6.07) is 0. The fourth-order valence-corrected chi connectivity index (χ4v) is 8.83. The number of aliphatic hydroxyl groups excluding tert-OH is 8. The Labute approximate surface area is 408 Å². The largest absolute Gasteiger partial charge is 0.479 e. The quantitative estimate of drug-likeness (QED) is 0.0325. The standard InChI is InChI=1S/C49H88O20/c1-5-6-7-18-23-33(24-20-22-32(51)21-17-15-13-11-9-8-10-12-14-16-19-25-34(52)46(60)61)66-48-44(39(55)35(53)27-63-48)69-49-45(41(57)37(29-64-49)65-31(4)50)68-47-43(59)42(58)40(56)36(67-47)28-62-38(54)26-30(2)3/h30,32-37,39-45,47-49,51-53,55-59H,5-29H2,1-4H3,(H,60,61)/t32-,33+,34+,35-,36-,37-,39+,40-,41+,42+,43-,44-,45-,47+,48+,49+/m0/s1. The van der Waals surface area contributed by atoms with Gasteiger partial charge in [-0.3, -0.25) is 9.59 Å². The van der Waals surface area contributed by atoms with Gasteiger partial charge in [0.25, 0.3) is 0 Å². The summed E-state index contributed by atoms with van der Waals surface area (Å²) < 4.78 is 46.9. The third-order valence-corrected chi connectivity index (χ3v) is 13.0. The fourth-order valence-electron chi connectivity index (χ4n) is 8.83. The number of ether oxygens (including phenoxy) is 8. The van der Waals surface area contributed by atoms with Crippen LogP contribution < -0.4 is 0 Å². The zero-order valence-electron chi connectivity index (χ0n) is 41.5. The molecule has 3 saturated heterocycles. The van der Waals surface area contributed by atoms with E-state index in [4.69, 9.17) is 43.0 Å². The Kier molecular flexibility index (Phi) is 29.7. The Morgan fingerprint density at radius 2 is 1.14 bits per heavy atom. The van der Waals surface area contributed by atoms with E-state index in [-0.39, 0.29) is 25.0 Å². The molecule has 3 fully saturated rings. The highest BCUT2D eigenvalue weighted by Gasteiger charge is 2.52. The summed E-state index contributed by atoms with van der Waals surface area (Å²) in [6.07, 6.45) is -3.86. The van der Waals surface area contributed by atoms with Gasteiger partial charge in [0.15, 0.2) is 31.1 Å². The van der Waals surface area contributed by atoms with E-state index in [1.54, 1.807) is 0 Å². The second-order valence-electron chi connectivity index (χ2n) is 19.6. The summed E-state index contributed by atoms with van der Waals surface area (Å²) in [7, 11) is 0. The summed E-state index contributed by atoms with van der Waals surface area (Å²) >= 11 is 0. The van der Waals surface area contributed by atoms with E-state index in [9.17, 15) is 55.2 Å². The highest BCUT2D eigenvalue weighted by molar-refractivity contribution is 5.71. The first-order valence-electron chi connectivity index (χ1n) is 25.8. The molecule has 0 aliphatic carbocycles. The molecule has 20 nitrogen and oxygen atoms in total. The minimum absolute atomic E-state index is 0.0192. The first-order valence-corrected chi connectivity index (χ1v) is 25.8. The zero-order valence-corrected chi connectivity index (χ0v) is 41.5. The molecule has 0 spiro atoms. The normalized spacial score (nSPS) is 31.0. The number of carboxylic acids is 1. The summed E-state index contributed by atoms with van der Waals surface area (Å²) in [5, 5.41) is 95.0. The van der Waals surface area contributed by atoms with E-state index in [0.29, 0.717) is 38.5 Å². The van der Waals surface area contributed by atoms with Crippen LogP contribution in [0.1, 0.15) is 169 Å². The molecule has 0 unspecified atom stereocenters. The number of hydrogen-bond donors (Lipinski definition) is 9. The van der Waals surface area contributed by atoms with Crippen LogP contribution in [0, 0.1) is 5.92 Å². The van der Waals surface area contributed by atoms with Crippen molar-refractivity contribution in [3.05, 3.63) is 0 Å². The second-order valence-corrected chi connectivity index (χ2v) is 19.6. The molecule has 0 radical (unpaired) electrons. The third kappa shape index (κ3) is 22.7. The summed E-state index contributed by atoms with van der Waals surface area (Å²) in [4.78, 5) is 35.0. The van der Waals surface area contributed by atoms with Gasteiger partial charge in [0.2, 0.25) is 0 Å². The number of carbonyl (C=O) groups is 3. The lowest BCUT2D eigenvalue weighted by Gasteiger charge is -2.46. The van der Waals surface area contributed by atoms with Gasteiger partial charge in [0.1, 0.15) is 61.5 Å². The summed E-state index contributed by atoms with van der Waals surface area (Å²) in [5.41, 5.74) is 0. The monoisotopic (exact) mass is 997 g/mol. The van der Waals surface area contributed by atoms with Crippen molar-refractivity contribution in [3.8, 4) is 0 Å². The average Bonchev–Trinajstić information content (AvgIpc) is 3.29. The van der Waals surface area contributed by atoms with Gasteiger partial charge in [-0.1, -0.05) is 117 Å². The highest BCUT2D eigenvalue weighted by atomic mass is 16.8. The number of unbranched alkanes of at least 4 members (excludes halogenated alkanes) is 13. The molecule has 3 aliphatic heterocycles. The molecule has 3 rings (SSSR count). The highest BCUT2D eigenvalue weighted by Crippen LogP contribution is 2.33. The van der Waals surface area contributed by atoms with E-state index < -0.39 is 123 Å². The zero-order chi connectivity index (χ0) is 50.9. The van der Waals surface area contributed by atoms with Crippen LogP contribution in [-0.2, 0) is 52.3 Å². The Hall–Kier alpha value is -2.15. The number of carboxylic acid groups (broad SMARTS) is 1. The molecule has 3 heterocycles. The van der Waals surface area contributed by atoms with E-state index in [1.165, 1.54) is 0 Å². The van der Waals surface area contributed by atoms with Crippen molar-refractivity contribution in [2.24, 2.45) is 5.92 Å². The van der Waals surface area contributed by atoms with Crippen LogP contribution in [0.3, 0.4) is 0 Å². The van der Waals surface area contributed by atoms with E-state index >= 15 is 0 Å². The molecule has 0 aromatic rings. The molecule has 3 aliphatic rings. The Balaban J connectivity index is 1.59. The van der Waals surface area contributed by atoms with Crippen LogP contribution >= 0.6 is 0 Å². The predicted molar refractivity (Wildman–Crippen MR) is 247 cm³/mol. The van der Waals surface area contributed by atoms with Crippen LogP contribution in [0.5, 0.6) is 0 Å². The van der Waals surface area contributed by atoms with Crippen LogP contribution in [0.2, 0.25) is 0 Å². The maximum atomic E-state index is 12.3. The van der Waals surface area contributed by atoms with Crippen LogP contribution in [0.15, 0.2) is 0 Å². The van der Waals surface area contributed by atoms with Gasteiger partial charge in [-0.05, 0) is 44.4 Å². The molecule has 16 atom stereocenters. The molecule has 0 saturated carbocycles. The number of esters is 2. The predicted octanol–water partition coefficient (Wildman–Crippen LogP) is 3.28. The van der Waals surface area contributed by atoms with Crippen molar-refractivity contribution in [1.29, 1.82) is 0 Å².